The Hall–Kier alpha value is -4.34. The van der Waals surface area contributed by atoms with Gasteiger partial charge in [-0.1, -0.05) is 64.5 Å². The molecule has 0 saturated carbocycles. The molecule has 2 amide bonds. The van der Waals surface area contributed by atoms with Gasteiger partial charge in [-0.2, -0.15) is 0 Å². The first-order chi connectivity index (χ1) is 19.9. The topological polar surface area (TPSA) is 123 Å². The standard InChI is InChI=1S/C32H32BrN3O5/c1-2-40-29(13-7-8-14-30(38)36-27-12-6-5-11-26(27)34)31(41-32(39)35-22-17-15-21(33)16-18-22)25-19-20-28(37)24-10-4-3-9-23(24)25/h3-6,8-12,14-20,29,31,37H,2,7,13,34H2,1H3,(H,35,39)(H,36,38)/b14-8+/t29-,31-/m1/s1. The number of rotatable bonds is 11. The van der Waals surface area contributed by atoms with Crippen LogP contribution >= 0.6 is 15.9 Å². The molecule has 0 heterocycles. The van der Waals surface area contributed by atoms with Crippen LogP contribution in [0.2, 0.25) is 0 Å². The fourth-order valence-corrected chi connectivity index (χ4v) is 4.73. The normalized spacial score (nSPS) is 12.6. The molecule has 0 radical (unpaired) electrons. The summed E-state index contributed by atoms with van der Waals surface area (Å²) in [5, 5.41) is 17.4. The van der Waals surface area contributed by atoms with Crippen LogP contribution in [0.1, 0.15) is 31.4 Å². The van der Waals surface area contributed by atoms with Crippen molar-refractivity contribution in [3.63, 3.8) is 0 Å². The molecule has 4 aromatic rings. The van der Waals surface area contributed by atoms with Crippen LogP contribution in [0.15, 0.2) is 102 Å². The number of nitrogen functional groups attached to an aromatic ring is 1. The average molecular weight is 619 g/mol. The van der Waals surface area contributed by atoms with Crippen molar-refractivity contribution < 1.29 is 24.2 Å². The quantitative estimate of drug-likeness (QED) is 0.102. The maximum Gasteiger partial charge on any atom is 0.412 e. The zero-order valence-corrected chi connectivity index (χ0v) is 24.1. The van der Waals surface area contributed by atoms with Crippen LogP contribution in [0, 0.1) is 0 Å². The van der Waals surface area contributed by atoms with E-state index in [2.05, 4.69) is 26.6 Å². The number of nitrogens with one attached hydrogen (secondary N) is 2. The lowest BCUT2D eigenvalue weighted by Crippen LogP contribution is -2.29. The van der Waals surface area contributed by atoms with E-state index in [1.54, 1.807) is 54.6 Å². The number of phenolic OH excluding ortho intramolecular Hbond substituents is 1. The van der Waals surface area contributed by atoms with Gasteiger partial charge >= 0.3 is 6.09 Å². The number of allylic oxidation sites excluding steroid dienone is 1. The van der Waals surface area contributed by atoms with Crippen LogP contribution in [-0.4, -0.2) is 29.8 Å². The lowest BCUT2D eigenvalue weighted by molar-refractivity contribution is -0.111. The van der Waals surface area contributed by atoms with Crippen LogP contribution in [0.5, 0.6) is 5.75 Å². The van der Waals surface area contributed by atoms with Gasteiger partial charge in [0.05, 0.1) is 17.5 Å². The SMILES string of the molecule is CCO[C@H](CC/C=C/C(=O)Nc1ccccc1N)[C@H](OC(=O)Nc1ccc(Br)cc1)c1ccc(O)c2ccccc12. The number of benzene rings is 4. The van der Waals surface area contributed by atoms with Gasteiger partial charge in [0.2, 0.25) is 5.91 Å². The number of hydrogen-bond acceptors (Lipinski definition) is 6. The van der Waals surface area contributed by atoms with Crippen molar-refractivity contribution in [2.45, 2.75) is 32.0 Å². The van der Waals surface area contributed by atoms with Gasteiger partial charge in [-0.05, 0) is 73.7 Å². The number of aromatic hydroxyl groups is 1. The van der Waals surface area contributed by atoms with E-state index in [4.69, 9.17) is 15.2 Å². The number of nitrogens with two attached hydrogens (primary N) is 1. The Morgan fingerprint density at radius 1 is 0.951 bits per heavy atom. The van der Waals surface area contributed by atoms with Gasteiger partial charge in [-0.3, -0.25) is 10.1 Å². The fraction of sp³-hybridized carbons (Fsp3) is 0.188. The molecule has 0 aliphatic carbocycles. The molecule has 9 heteroatoms. The van der Waals surface area contributed by atoms with E-state index in [0.29, 0.717) is 47.5 Å². The lowest BCUT2D eigenvalue weighted by atomic mass is 9.94. The van der Waals surface area contributed by atoms with Gasteiger partial charge < -0.3 is 25.6 Å². The minimum atomic E-state index is -0.803. The molecular formula is C32H32BrN3O5. The molecule has 0 bridgehead atoms. The van der Waals surface area contributed by atoms with Crippen LogP contribution in [0.4, 0.5) is 21.9 Å². The first-order valence-electron chi connectivity index (χ1n) is 13.2. The van der Waals surface area contributed by atoms with Gasteiger partial charge in [0.25, 0.3) is 0 Å². The molecule has 4 rings (SSSR count). The van der Waals surface area contributed by atoms with Crippen LogP contribution in [0.25, 0.3) is 10.8 Å². The molecule has 0 spiro atoms. The van der Waals surface area contributed by atoms with Crippen molar-refractivity contribution in [1.29, 1.82) is 0 Å². The van der Waals surface area contributed by atoms with Crippen molar-refractivity contribution in [3.05, 3.63) is 107 Å². The van der Waals surface area contributed by atoms with Crippen LogP contribution in [0.3, 0.4) is 0 Å². The number of ether oxygens (including phenoxy) is 2. The Kier molecular flexibility index (Phi) is 10.4. The molecule has 0 aliphatic rings. The van der Waals surface area contributed by atoms with Gasteiger partial charge in [0.1, 0.15) is 5.75 Å². The highest BCUT2D eigenvalue weighted by Gasteiger charge is 2.29. The number of amides is 2. The summed E-state index contributed by atoms with van der Waals surface area (Å²) in [6.07, 6.45) is 2.14. The Morgan fingerprint density at radius 2 is 1.66 bits per heavy atom. The Labute approximate surface area is 247 Å². The van der Waals surface area contributed by atoms with E-state index >= 15 is 0 Å². The number of fused-ring (bicyclic) bond motifs is 1. The van der Waals surface area contributed by atoms with Crippen LogP contribution in [-0.2, 0) is 14.3 Å². The van der Waals surface area contributed by atoms with Crippen LogP contribution < -0.4 is 16.4 Å². The predicted octanol–water partition coefficient (Wildman–Crippen LogP) is 7.56. The summed E-state index contributed by atoms with van der Waals surface area (Å²) in [5.41, 5.74) is 8.21. The number of hydrogen-bond donors (Lipinski definition) is 4. The molecule has 212 valence electrons. The van der Waals surface area contributed by atoms with E-state index in [9.17, 15) is 14.7 Å². The Bertz CT molecular complexity index is 1520. The van der Waals surface area contributed by atoms with E-state index in [1.165, 1.54) is 6.08 Å². The number of phenols is 1. The molecule has 8 nitrogen and oxygen atoms in total. The first-order valence-corrected chi connectivity index (χ1v) is 14.0. The summed E-state index contributed by atoms with van der Waals surface area (Å²) >= 11 is 3.39. The van der Waals surface area contributed by atoms with E-state index in [0.717, 1.165) is 9.86 Å². The second-order valence-electron chi connectivity index (χ2n) is 9.23. The highest BCUT2D eigenvalue weighted by atomic mass is 79.9. The highest BCUT2D eigenvalue weighted by molar-refractivity contribution is 9.10. The van der Waals surface area contributed by atoms with Gasteiger partial charge in [0.15, 0.2) is 6.10 Å². The van der Waals surface area contributed by atoms with Gasteiger partial charge in [-0.25, -0.2) is 4.79 Å². The van der Waals surface area contributed by atoms with Crippen molar-refractivity contribution in [3.8, 4) is 5.75 Å². The highest BCUT2D eigenvalue weighted by Crippen LogP contribution is 2.36. The van der Waals surface area contributed by atoms with Crippen molar-refractivity contribution in [2.24, 2.45) is 0 Å². The van der Waals surface area contributed by atoms with Gasteiger partial charge in [-0.15, -0.1) is 0 Å². The number of anilines is 3. The molecule has 0 aliphatic heterocycles. The maximum atomic E-state index is 13.1. The zero-order valence-electron chi connectivity index (χ0n) is 22.5. The summed E-state index contributed by atoms with van der Waals surface area (Å²) in [7, 11) is 0. The first kappa shape index (κ1) is 29.6. The second-order valence-corrected chi connectivity index (χ2v) is 10.1. The Morgan fingerprint density at radius 3 is 2.39 bits per heavy atom. The van der Waals surface area contributed by atoms with Crippen molar-refractivity contribution >= 4 is 55.8 Å². The van der Waals surface area contributed by atoms with Crippen molar-refractivity contribution in [2.75, 3.05) is 23.0 Å². The van der Waals surface area contributed by atoms with E-state index in [-0.39, 0.29) is 11.7 Å². The molecular weight excluding hydrogens is 586 g/mol. The molecule has 0 aromatic heterocycles. The summed E-state index contributed by atoms with van der Waals surface area (Å²) in [5.74, 6) is -0.176. The smallest absolute Gasteiger partial charge is 0.412 e. The lowest BCUT2D eigenvalue weighted by Gasteiger charge is -2.28. The maximum absolute atomic E-state index is 13.1. The molecule has 2 atom stereocenters. The minimum Gasteiger partial charge on any atom is -0.507 e. The van der Waals surface area contributed by atoms with E-state index < -0.39 is 18.3 Å². The third-order valence-electron chi connectivity index (χ3n) is 6.39. The van der Waals surface area contributed by atoms with Gasteiger partial charge in [0, 0.05) is 27.7 Å². The minimum absolute atomic E-state index is 0.128. The predicted molar refractivity (Wildman–Crippen MR) is 166 cm³/mol. The molecule has 0 unspecified atom stereocenters. The second kappa shape index (κ2) is 14.3. The number of carbonyl (C=O) groups is 2. The van der Waals surface area contributed by atoms with Crippen molar-refractivity contribution in [1.82, 2.24) is 0 Å². The zero-order chi connectivity index (χ0) is 29.2. The number of halogens is 1. The van der Waals surface area contributed by atoms with E-state index in [1.807, 2.05) is 43.3 Å². The fourth-order valence-electron chi connectivity index (χ4n) is 4.46. The summed E-state index contributed by atoms with van der Waals surface area (Å²) < 4.78 is 13.0. The molecule has 0 saturated heterocycles. The largest absolute Gasteiger partial charge is 0.507 e. The Balaban J connectivity index is 1.55. The summed E-state index contributed by atoms with van der Waals surface area (Å²) in [6, 6.07) is 24.9. The number of para-hydroxylation sites is 2. The average Bonchev–Trinajstić information content (AvgIpc) is 2.96. The summed E-state index contributed by atoms with van der Waals surface area (Å²) in [4.78, 5) is 25.5. The molecule has 5 N–H and O–H groups in total. The third-order valence-corrected chi connectivity index (χ3v) is 6.92. The monoisotopic (exact) mass is 617 g/mol. The molecule has 4 aromatic carbocycles. The molecule has 0 fully saturated rings. The third kappa shape index (κ3) is 8.09. The number of carbonyl (C=O) groups excluding carboxylic acids is 2. The summed E-state index contributed by atoms with van der Waals surface area (Å²) in [6.45, 7) is 2.25. The molecule has 41 heavy (non-hydrogen) atoms.